The maximum Gasteiger partial charge on any atom is 0.254 e. The van der Waals surface area contributed by atoms with Crippen molar-refractivity contribution in [3.63, 3.8) is 0 Å². The minimum Gasteiger partial charge on any atom is -0.351 e. The SMILES string of the molecule is CCN(CC)CCNC(=O)c1cnn(-c2ccccn2)c1C. The fourth-order valence-electron chi connectivity index (χ4n) is 2.31. The lowest BCUT2D eigenvalue weighted by Gasteiger charge is -2.17. The van der Waals surface area contributed by atoms with Crippen molar-refractivity contribution >= 4 is 5.91 Å². The first-order valence-corrected chi connectivity index (χ1v) is 7.64. The molecule has 0 spiro atoms. The Hall–Kier alpha value is -2.21. The van der Waals surface area contributed by atoms with Crippen LogP contribution in [0.15, 0.2) is 30.6 Å². The zero-order chi connectivity index (χ0) is 15.9. The van der Waals surface area contributed by atoms with Crippen LogP contribution in [0.25, 0.3) is 5.82 Å². The zero-order valence-electron chi connectivity index (χ0n) is 13.4. The van der Waals surface area contributed by atoms with Crippen molar-refractivity contribution in [2.45, 2.75) is 20.8 Å². The first kappa shape index (κ1) is 16.2. The van der Waals surface area contributed by atoms with Crippen molar-refractivity contribution in [1.82, 2.24) is 25.0 Å². The predicted molar refractivity (Wildman–Crippen MR) is 86.2 cm³/mol. The fraction of sp³-hybridized carbons (Fsp3) is 0.438. The highest BCUT2D eigenvalue weighted by atomic mass is 16.1. The monoisotopic (exact) mass is 301 g/mol. The molecule has 0 aliphatic rings. The summed E-state index contributed by atoms with van der Waals surface area (Å²) in [5, 5.41) is 7.21. The Morgan fingerprint density at radius 3 is 2.73 bits per heavy atom. The summed E-state index contributed by atoms with van der Waals surface area (Å²) in [5.41, 5.74) is 1.38. The molecule has 0 bridgehead atoms. The number of rotatable bonds is 7. The van der Waals surface area contributed by atoms with Crippen LogP contribution < -0.4 is 5.32 Å². The number of carbonyl (C=O) groups is 1. The first-order valence-electron chi connectivity index (χ1n) is 7.64. The summed E-state index contributed by atoms with van der Waals surface area (Å²) in [4.78, 5) is 18.8. The van der Waals surface area contributed by atoms with E-state index in [0.29, 0.717) is 17.9 Å². The molecule has 2 heterocycles. The normalized spacial score (nSPS) is 10.9. The van der Waals surface area contributed by atoms with Crippen molar-refractivity contribution in [2.75, 3.05) is 26.2 Å². The molecular formula is C16H23N5O. The average Bonchev–Trinajstić information content (AvgIpc) is 2.94. The molecule has 1 N–H and O–H groups in total. The van der Waals surface area contributed by atoms with Crippen molar-refractivity contribution in [3.8, 4) is 5.82 Å². The Labute approximate surface area is 131 Å². The molecular weight excluding hydrogens is 278 g/mol. The van der Waals surface area contributed by atoms with Crippen molar-refractivity contribution < 1.29 is 4.79 Å². The van der Waals surface area contributed by atoms with Crippen molar-refractivity contribution in [2.24, 2.45) is 0 Å². The Kier molecular flexibility index (Phi) is 5.66. The molecule has 22 heavy (non-hydrogen) atoms. The number of hydrogen-bond acceptors (Lipinski definition) is 4. The third-order valence-electron chi connectivity index (χ3n) is 3.73. The second-order valence-electron chi connectivity index (χ2n) is 5.03. The molecule has 118 valence electrons. The third kappa shape index (κ3) is 3.71. The molecule has 0 atom stereocenters. The molecule has 0 radical (unpaired) electrons. The quantitative estimate of drug-likeness (QED) is 0.844. The highest BCUT2D eigenvalue weighted by molar-refractivity contribution is 5.95. The van der Waals surface area contributed by atoms with Crippen LogP contribution in [0.3, 0.4) is 0 Å². The van der Waals surface area contributed by atoms with E-state index in [0.717, 1.165) is 25.3 Å². The summed E-state index contributed by atoms with van der Waals surface area (Å²) >= 11 is 0. The highest BCUT2D eigenvalue weighted by Gasteiger charge is 2.15. The number of hydrogen-bond donors (Lipinski definition) is 1. The number of carbonyl (C=O) groups excluding carboxylic acids is 1. The molecule has 0 fully saturated rings. The number of nitrogens with one attached hydrogen (secondary N) is 1. The smallest absolute Gasteiger partial charge is 0.254 e. The van der Waals surface area contributed by atoms with E-state index in [2.05, 4.69) is 34.1 Å². The van der Waals surface area contributed by atoms with E-state index in [1.807, 2.05) is 25.1 Å². The van der Waals surface area contributed by atoms with Gasteiger partial charge in [-0.25, -0.2) is 9.67 Å². The van der Waals surface area contributed by atoms with Crippen LogP contribution in [0.1, 0.15) is 29.9 Å². The van der Waals surface area contributed by atoms with Crippen LogP contribution in [0.2, 0.25) is 0 Å². The van der Waals surface area contributed by atoms with Gasteiger partial charge in [0.15, 0.2) is 5.82 Å². The lowest BCUT2D eigenvalue weighted by atomic mass is 10.2. The topological polar surface area (TPSA) is 63.1 Å². The summed E-state index contributed by atoms with van der Waals surface area (Å²) in [7, 11) is 0. The fourth-order valence-corrected chi connectivity index (χ4v) is 2.31. The molecule has 6 nitrogen and oxygen atoms in total. The predicted octanol–water partition coefficient (Wildman–Crippen LogP) is 1.65. The van der Waals surface area contributed by atoms with Gasteiger partial charge in [-0.3, -0.25) is 4.79 Å². The maximum atomic E-state index is 12.3. The zero-order valence-corrected chi connectivity index (χ0v) is 13.4. The summed E-state index contributed by atoms with van der Waals surface area (Å²) in [6, 6.07) is 5.61. The lowest BCUT2D eigenvalue weighted by Crippen LogP contribution is -2.34. The Balaban J connectivity index is 2.01. The number of likely N-dealkylation sites (N-methyl/N-ethyl adjacent to an activating group) is 1. The van der Waals surface area contributed by atoms with Crippen molar-refractivity contribution in [3.05, 3.63) is 41.9 Å². The maximum absolute atomic E-state index is 12.3. The van der Waals surface area contributed by atoms with Crippen LogP contribution in [0, 0.1) is 6.92 Å². The number of pyridine rings is 1. The van der Waals surface area contributed by atoms with Crippen molar-refractivity contribution in [1.29, 1.82) is 0 Å². The molecule has 0 saturated heterocycles. The first-order chi connectivity index (χ1) is 10.7. The van der Waals surface area contributed by atoms with Crippen LogP contribution in [-0.4, -0.2) is 51.8 Å². The van der Waals surface area contributed by atoms with E-state index >= 15 is 0 Å². The van der Waals surface area contributed by atoms with Gasteiger partial charge in [-0.1, -0.05) is 19.9 Å². The van der Waals surface area contributed by atoms with Gasteiger partial charge in [0.2, 0.25) is 0 Å². The van der Waals surface area contributed by atoms with E-state index in [1.165, 1.54) is 0 Å². The molecule has 1 amide bonds. The van der Waals surface area contributed by atoms with Gasteiger partial charge in [0, 0.05) is 19.3 Å². The minimum atomic E-state index is -0.0909. The summed E-state index contributed by atoms with van der Waals surface area (Å²) in [5.74, 6) is 0.619. The average molecular weight is 301 g/mol. The summed E-state index contributed by atoms with van der Waals surface area (Å²) < 4.78 is 1.68. The summed E-state index contributed by atoms with van der Waals surface area (Å²) in [6.45, 7) is 9.58. The molecule has 0 unspecified atom stereocenters. The van der Waals surface area contributed by atoms with E-state index < -0.39 is 0 Å². The molecule has 0 aromatic carbocycles. The Bertz CT molecular complexity index is 604. The summed E-state index contributed by atoms with van der Waals surface area (Å²) in [6.07, 6.45) is 3.30. The van der Waals surface area contributed by atoms with Gasteiger partial charge in [0.25, 0.3) is 5.91 Å². The molecule has 0 aliphatic heterocycles. The van der Waals surface area contributed by atoms with Crippen LogP contribution in [0.5, 0.6) is 0 Å². The van der Waals surface area contributed by atoms with Gasteiger partial charge < -0.3 is 10.2 Å². The Morgan fingerprint density at radius 1 is 1.32 bits per heavy atom. The van der Waals surface area contributed by atoms with Crippen LogP contribution >= 0.6 is 0 Å². The van der Waals surface area contributed by atoms with E-state index in [4.69, 9.17) is 0 Å². The van der Waals surface area contributed by atoms with Gasteiger partial charge in [-0.05, 0) is 32.1 Å². The standard InChI is InChI=1S/C16H23N5O/c1-4-20(5-2)11-10-18-16(22)14-12-19-21(13(14)3)15-8-6-7-9-17-15/h6-9,12H,4-5,10-11H2,1-3H3,(H,18,22). The van der Waals surface area contributed by atoms with E-state index in [9.17, 15) is 4.79 Å². The molecule has 2 rings (SSSR count). The molecule has 2 aromatic rings. The molecule has 0 aliphatic carbocycles. The van der Waals surface area contributed by atoms with Gasteiger partial charge in [-0.15, -0.1) is 0 Å². The van der Waals surface area contributed by atoms with Gasteiger partial charge in [0.1, 0.15) is 0 Å². The largest absolute Gasteiger partial charge is 0.351 e. The third-order valence-corrected chi connectivity index (χ3v) is 3.73. The second-order valence-corrected chi connectivity index (χ2v) is 5.03. The number of nitrogens with zero attached hydrogens (tertiary/aromatic N) is 4. The molecule has 0 saturated carbocycles. The van der Waals surface area contributed by atoms with Crippen LogP contribution in [0.4, 0.5) is 0 Å². The number of amides is 1. The number of aromatic nitrogens is 3. The van der Waals surface area contributed by atoms with E-state index in [1.54, 1.807) is 17.1 Å². The van der Waals surface area contributed by atoms with Crippen LogP contribution in [-0.2, 0) is 0 Å². The minimum absolute atomic E-state index is 0.0909. The van der Waals surface area contributed by atoms with E-state index in [-0.39, 0.29) is 5.91 Å². The van der Waals surface area contributed by atoms with Gasteiger partial charge in [-0.2, -0.15) is 5.10 Å². The second kappa shape index (κ2) is 7.70. The van der Waals surface area contributed by atoms with Gasteiger partial charge in [0.05, 0.1) is 17.5 Å². The molecule has 2 aromatic heterocycles. The lowest BCUT2D eigenvalue weighted by molar-refractivity contribution is 0.0948. The highest BCUT2D eigenvalue weighted by Crippen LogP contribution is 2.11. The Morgan fingerprint density at radius 2 is 2.09 bits per heavy atom. The molecule has 6 heteroatoms. The van der Waals surface area contributed by atoms with Gasteiger partial charge >= 0.3 is 0 Å².